The van der Waals surface area contributed by atoms with E-state index in [1.807, 2.05) is 19.1 Å². The summed E-state index contributed by atoms with van der Waals surface area (Å²) in [6.07, 6.45) is 5.90. The molecule has 0 saturated heterocycles. The molecule has 0 aliphatic heterocycles. The summed E-state index contributed by atoms with van der Waals surface area (Å²) in [5, 5.41) is 9.59. The summed E-state index contributed by atoms with van der Waals surface area (Å²) in [5.74, 6) is 0.595. The highest BCUT2D eigenvalue weighted by Gasteiger charge is 2.20. The largest absolute Gasteiger partial charge is 0.504 e. The third-order valence-corrected chi connectivity index (χ3v) is 3.44. The number of phenols is 1. The molecule has 0 fully saturated rings. The van der Waals surface area contributed by atoms with Gasteiger partial charge >= 0.3 is 0 Å². The zero-order valence-corrected chi connectivity index (χ0v) is 13.5. The van der Waals surface area contributed by atoms with E-state index in [-0.39, 0.29) is 11.4 Å². The molecular weight excluding hydrogens is 264 g/mol. The predicted octanol–water partition coefficient (Wildman–Crippen LogP) is 4.61. The van der Waals surface area contributed by atoms with Gasteiger partial charge in [0.15, 0.2) is 11.5 Å². The van der Waals surface area contributed by atoms with Crippen LogP contribution in [0.5, 0.6) is 11.5 Å². The Morgan fingerprint density at radius 2 is 2.10 bits per heavy atom. The van der Waals surface area contributed by atoms with Gasteiger partial charge < -0.3 is 14.6 Å². The Kier molecular flexibility index (Phi) is 6.50. The predicted molar refractivity (Wildman–Crippen MR) is 86.7 cm³/mol. The van der Waals surface area contributed by atoms with E-state index in [0.29, 0.717) is 12.4 Å². The molecule has 0 saturated carbocycles. The smallest absolute Gasteiger partial charge is 0.160 e. The Morgan fingerprint density at radius 1 is 1.38 bits per heavy atom. The normalized spacial score (nSPS) is 13.3. The maximum atomic E-state index is 9.59. The maximum Gasteiger partial charge on any atom is 0.160 e. The third kappa shape index (κ3) is 5.64. The molecule has 1 unspecified atom stereocenters. The van der Waals surface area contributed by atoms with Gasteiger partial charge in [-0.25, -0.2) is 0 Å². The van der Waals surface area contributed by atoms with Crippen LogP contribution in [-0.2, 0) is 11.3 Å². The Labute approximate surface area is 127 Å². The standard InChI is InChI=1S/C18H26O3/c1-6-18(4,11-7-8-14(2)3)21-13-15-9-10-16(19)17(12-15)20-5/h6,8-10,12,19H,1,7,11,13H2,2-5H3. The molecule has 1 aromatic rings. The van der Waals surface area contributed by atoms with Crippen molar-refractivity contribution in [1.29, 1.82) is 0 Å². The minimum Gasteiger partial charge on any atom is -0.504 e. The second kappa shape index (κ2) is 7.89. The van der Waals surface area contributed by atoms with Crippen LogP contribution in [0.3, 0.4) is 0 Å². The summed E-state index contributed by atoms with van der Waals surface area (Å²) in [6, 6.07) is 5.23. The van der Waals surface area contributed by atoms with E-state index in [9.17, 15) is 5.11 Å². The van der Waals surface area contributed by atoms with Crippen LogP contribution < -0.4 is 4.74 Å². The summed E-state index contributed by atoms with van der Waals surface area (Å²) in [4.78, 5) is 0. The van der Waals surface area contributed by atoms with Gasteiger partial charge in [-0.15, -0.1) is 6.58 Å². The first-order valence-electron chi connectivity index (χ1n) is 7.17. The lowest BCUT2D eigenvalue weighted by atomic mass is 9.99. The van der Waals surface area contributed by atoms with Gasteiger partial charge in [0, 0.05) is 0 Å². The fourth-order valence-corrected chi connectivity index (χ4v) is 1.94. The van der Waals surface area contributed by atoms with Gasteiger partial charge in [-0.3, -0.25) is 0 Å². The molecule has 0 bridgehead atoms. The topological polar surface area (TPSA) is 38.7 Å². The highest BCUT2D eigenvalue weighted by atomic mass is 16.5. The van der Waals surface area contributed by atoms with Gasteiger partial charge in [-0.1, -0.05) is 23.8 Å². The first-order valence-corrected chi connectivity index (χ1v) is 7.17. The summed E-state index contributed by atoms with van der Waals surface area (Å²) >= 11 is 0. The molecular formula is C18H26O3. The second-order valence-corrected chi connectivity index (χ2v) is 5.63. The fraction of sp³-hybridized carbons (Fsp3) is 0.444. The molecule has 3 heteroatoms. The minimum atomic E-state index is -0.364. The quantitative estimate of drug-likeness (QED) is 0.711. The van der Waals surface area contributed by atoms with Crippen LogP contribution in [0.4, 0.5) is 0 Å². The monoisotopic (exact) mass is 290 g/mol. The Hall–Kier alpha value is -1.74. The van der Waals surface area contributed by atoms with Crippen LogP contribution in [0.15, 0.2) is 42.5 Å². The summed E-state index contributed by atoms with van der Waals surface area (Å²) in [6.45, 7) is 10.6. The van der Waals surface area contributed by atoms with Crippen molar-refractivity contribution in [1.82, 2.24) is 0 Å². The van der Waals surface area contributed by atoms with Crippen LogP contribution in [0.2, 0.25) is 0 Å². The van der Waals surface area contributed by atoms with Crippen molar-refractivity contribution in [3.63, 3.8) is 0 Å². The second-order valence-electron chi connectivity index (χ2n) is 5.63. The highest BCUT2D eigenvalue weighted by Crippen LogP contribution is 2.28. The lowest BCUT2D eigenvalue weighted by molar-refractivity contribution is -0.0117. The number of ether oxygens (including phenoxy) is 2. The zero-order chi connectivity index (χ0) is 15.9. The van der Waals surface area contributed by atoms with E-state index in [2.05, 4.69) is 26.5 Å². The van der Waals surface area contributed by atoms with E-state index in [1.165, 1.54) is 12.7 Å². The Morgan fingerprint density at radius 3 is 2.67 bits per heavy atom. The van der Waals surface area contributed by atoms with Crippen molar-refractivity contribution in [3.8, 4) is 11.5 Å². The van der Waals surface area contributed by atoms with Gasteiger partial charge in [0.25, 0.3) is 0 Å². The number of allylic oxidation sites excluding steroid dienone is 2. The molecule has 1 N–H and O–H groups in total. The SMILES string of the molecule is C=CC(C)(CCC=C(C)C)OCc1ccc(O)c(OC)c1. The van der Waals surface area contributed by atoms with E-state index in [4.69, 9.17) is 9.47 Å². The van der Waals surface area contributed by atoms with Crippen molar-refractivity contribution in [2.24, 2.45) is 0 Å². The molecule has 116 valence electrons. The van der Waals surface area contributed by atoms with Crippen molar-refractivity contribution >= 4 is 0 Å². The summed E-state index contributed by atoms with van der Waals surface area (Å²) < 4.78 is 11.1. The highest BCUT2D eigenvalue weighted by molar-refractivity contribution is 5.41. The molecule has 0 heterocycles. The molecule has 0 aliphatic rings. The number of rotatable bonds is 8. The maximum absolute atomic E-state index is 9.59. The van der Waals surface area contributed by atoms with Gasteiger partial charge in [0.1, 0.15) is 0 Å². The molecule has 0 spiro atoms. The van der Waals surface area contributed by atoms with Gasteiger partial charge in [0.2, 0.25) is 0 Å². The molecule has 0 radical (unpaired) electrons. The molecule has 1 atom stereocenters. The molecule has 0 amide bonds. The van der Waals surface area contributed by atoms with Crippen molar-refractivity contribution < 1.29 is 14.6 Å². The Bertz CT molecular complexity index is 501. The zero-order valence-electron chi connectivity index (χ0n) is 13.5. The van der Waals surface area contributed by atoms with Crippen molar-refractivity contribution in [2.75, 3.05) is 7.11 Å². The minimum absolute atomic E-state index is 0.135. The molecule has 1 rings (SSSR count). The fourth-order valence-electron chi connectivity index (χ4n) is 1.94. The number of hydrogen-bond donors (Lipinski definition) is 1. The van der Waals surface area contributed by atoms with Crippen LogP contribution in [0.25, 0.3) is 0 Å². The average Bonchev–Trinajstić information content (AvgIpc) is 2.46. The summed E-state index contributed by atoms with van der Waals surface area (Å²) in [7, 11) is 1.53. The van der Waals surface area contributed by atoms with E-state index in [1.54, 1.807) is 12.1 Å². The molecule has 3 nitrogen and oxygen atoms in total. The lowest BCUT2D eigenvalue weighted by Crippen LogP contribution is -2.25. The van der Waals surface area contributed by atoms with E-state index in [0.717, 1.165) is 18.4 Å². The van der Waals surface area contributed by atoms with Crippen molar-refractivity contribution in [3.05, 3.63) is 48.1 Å². The van der Waals surface area contributed by atoms with Gasteiger partial charge in [0.05, 0.1) is 19.3 Å². The number of aromatic hydroxyl groups is 1. The average molecular weight is 290 g/mol. The van der Waals surface area contributed by atoms with Crippen LogP contribution >= 0.6 is 0 Å². The van der Waals surface area contributed by atoms with E-state index >= 15 is 0 Å². The molecule has 0 aliphatic carbocycles. The molecule has 0 aromatic heterocycles. The number of hydrogen-bond acceptors (Lipinski definition) is 3. The summed E-state index contributed by atoms with van der Waals surface area (Å²) in [5.41, 5.74) is 1.90. The molecule has 21 heavy (non-hydrogen) atoms. The Balaban J connectivity index is 2.65. The van der Waals surface area contributed by atoms with E-state index < -0.39 is 0 Å². The lowest BCUT2D eigenvalue weighted by Gasteiger charge is -2.26. The first kappa shape index (κ1) is 17.3. The van der Waals surface area contributed by atoms with Crippen LogP contribution in [0.1, 0.15) is 39.2 Å². The van der Waals surface area contributed by atoms with Crippen molar-refractivity contribution in [2.45, 2.75) is 45.8 Å². The van der Waals surface area contributed by atoms with Crippen LogP contribution in [-0.4, -0.2) is 17.8 Å². The number of methoxy groups -OCH3 is 1. The third-order valence-electron chi connectivity index (χ3n) is 3.44. The number of phenolic OH excluding ortho intramolecular Hbond substituents is 1. The molecule has 1 aromatic carbocycles. The first-order chi connectivity index (χ1) is 9.90. The van der Waals surface area contributed by atoms with Gasteiger partial charge in [-0.05, 0) is 51.3 Å². The number of benzene rings is 1. The van der Waals surface area contributed by atoms with Crippen LogP contribution in [0, 0.1) is 0 Å². The van der Waals surface area contributed by atoms with Gasteiger partial charge in [-0.2, -0.15) is 0 Å².